The fraction of sp³-hybridized carbons (Fsp3) is 1.00. The van der Waals surface area contributed by atoms with Gasteiger partial charge in [-0.15, -0.1) is 0 Å². The van der Waals surface area contributed by atoms with E-state index < -0.39 is 0 Å². The Labute approximate surface area is 104 Å². The zero-order valence-corrected chi connectivity index (χ0v) is 11.3. The summed E-state index contributed by atoms with van der Waals surface area (Å²) in [5.74, 6) is 1.58. The Morgan fingerprint density at radius 2 is 1.88 bits per heavy atom. The van der Waals surface area contributed by atoms with Crippen molar-refractivity contribution in [2.24, 2.45) is 11.8 Å². The van der Waals surface area contributed by atoms with Crippen molar-refractivity contribution in [1.29, 1.82) is 0 Å². The summed E-state index contributed by atoms with van der Waals surface area (Å²) in [5, 5.41) is 9.63. The quantitative estimate of drug-likeness (QED) is 0.822. The Balaban J connectivity index is 1.78. The highest BCUT2D eigenvalue weighted by Crippen LogP contribution is 2.35. The fourth-order valence-corrected chi connectivity index (χ4v) is 2.97. The van der Waals surface area contributed by atoms with Crippen LogP contribution in [0.25, 0.3) is 0 Å². The van der Waals surface area contributed by atoms with Crippen LogP contribution in [-0.2, 0) is 9.47 Å². The molecule has 0 bridgehead atoms. The highest BCUT2D eigenvalue weighted by atomic mass is 16.6. The van der Waals surface area contributed by atoms with Crippen molar-refractivity contribution in [3.8, 4) is 0 Å². The molecule has 0 spiro atoms. The van der Waals surface area contributed by atoms with Crippen molar-refractivity contribution in [2.75, 3.05) is 6.61 Å². The minimum atomic E-state index is -0.320. The molecule has 0 saturated heterocycles. The number of aliphatic hydroxyl groups excluding tert-OH is 1. The molecule has 3 heteroatoms. The maximum atomic E-state index is 9.63. The molecular weight excluding hydrogens is 216 g/mol. The molecule has 0 heterocycles. The predicted octanol–water partition coefficient (Wildman–Crippen LogP) is 2.37. The highest BCUT2D eigenvalue weighted by molar-refractivity contribution is 4.93. The van der Waals surface area contributed by atoms with Gasteiger partial charge in [-0.25, -0.2) is 0 Å². The Morgan fingerprint density at radius 3 is 2.47 bits per heavy atom. The lowest BCUT2D eigenvalue weighted by Gasteiger charge is -2.44. The van der Waals surface area contributed by atoms with Gasteiger partial charge in [0.2, 0.25) is 0 Å². The molecule has 6 atom stereocenters. The Morgan fingerprint density at radius 1 is 1.12 bits per heavy atom. The van der Waals surface area contributed by atoms with Crippen LogP contribution in [0.5, 0.6) is 0 Å². The van der Waals surface area contributed by atoms with E-state index in [2.05, 4.69) is 13.8 Å². The summed E-state index contributed by atoms with van der Waals surface area (Å²) in [6.45, 7) is 7.26. The molecule has 1 N–H and O–H groups in total. The van der Waals surface area contributed by atoms with E-state index in [0.29, 0.717) is 12.7 Å². The van der Waals surface area contributed by atoms with Crippen LogP contribution in [0.2, 0.25) is 0 Å². The van der Waals surface area contributed by atoms with Crippen LogP contribution in [0.3, 0.4) is 0 Å². The maximum Gasteiger partial charge on any atom is 0.110 e. The van der Waals surface area contributed by atoms with Gasteiger partial charge < -0.3 is 14.6 Å². The lowest BCUT2D eigenvalue weighted by Crippen LogP contribution is -2.55. The summed E-state index contributed by atoms with van der Waals surface area (Å²) in [7, 11) is 0. The molecule has 2 aliphatic carbocycles. The van der Waals surface area contributed by atoms with Crippen molar-refractivity contribution in [3.63, 3.8) is 0 Å². The van der Waals surface area contributed by atoms with E-state index in [1.54, 1.807) is 0 Å². The minimum Gasteiger partial charge on any atom is -0.390 e. The molecule has 0 radical (unpaired) electrons. The van der Waals surface area contributed by atoms with Gasteiger partial charge in [0.25, 0.3) is 0 Å². The van der Waals surface area contributed by atoms with Gasteiger partial charge in [0.05, 0.1) is 18.3 Å². The van der Waals surface area contributed by atoms with Gasteiger partial charge in [0.15, 0.2) is 0 Å². The first-order chi connectivity index (χ1) is 8.11. The summed E-state index contributed by atoms with van der Waals surface area (Å²) < 4.78 is 11.6. The standard InChI is InChI=1S/C14H26O3/c1-4-16-14-12(15)8-13(14)17-11-6-5-9(2)10(3)7-11/h9-15H,4-8H2,1-3H3. The van der Waals surface area contributed by atoms with Gasteiger partial charge in [0, 0.05) is 13.0 Å². The molecule has 0 aliphatic heterocycles. The predicted molar refractivity (Wildman–Crippen MR) is 66.9 cm³/mol. The molecule has 6 unspecified atom stereocenters. The molecule has 0 amide bonds. The third kappa shape index (κ3) is 3.01. The molecule has 2 rings (SSSR count). The van der Waals surface area contributed by atoms with E-state index >= 15 is 0 Å². The minimum absolute atomic E-state index is 0.0883. The third-order valence-electron chi connectivity index (χ3n) is 4.50. The average molecular weight is 242 g/mol. The normalized spacial score (nSPS) is 46.6. The number of hydrogen-bond acceptors (Lipinski definition) is 3. The lowest BCUT2D eigenvalue weighted by atomic mass is 9.79. The van der Waals surface area contributed by atoms with E-state index in [4.69, 9.17) is 9.47 Å². The zero-order valence-electron chi connectivity index (χ0n) is 11.3. The SMILES string of the molecule is CCOC1C(O)CC1OC1CCC(C)C(C)C1. The molecule has 2 saturated carbocycles. The summed E-state index contributed by atoms with van der Waals surface area (Å²) in [4.78, 5) is 0. The molecule has 2 fully saturated rings. The summed E-state index contributed by atoms with van der Waals surface area (Å²) in [5.41, 5.74) is 0. The third-order valence-corrected chi connectivity index (χ3v) is 4.50. The molecule has 0 aromatic carbocycles. The van der Waals surface area contributed by atoms with Crippen molar-refractivity contribution in [2.45, 2.75) is 70.9 Å². The van der Waals surface area contributed by atoms with Crippen LogP contribution in [-0.4, -0.2) is 36.1 Å². The van der Waals surface area contributed by atoms with Crippen molar-refractivity contribution in [3.05, 3.63) is 0 Å². The zero-order chi connectivity index (χ0) is 12.4. The molecule has 0 aromatic heterocycles. The number of aliphatic hydroxyl groups is 1. The second kappa shape index (κ2) is 5.68. The van der Waals surface area contributed by atoms with Gasteiger partial charge in [-0.05, 0) is 38.0 Å². The maximum absolute atomic E-state index is 9.63. The Hall–Kier alpha value is -0.120. The molecule has 0 aromatic rings. The van der Waals surface area contributed by atoms with Gasteiger partial charge in [-0.3, -0.25) is 0 Å². The van der Waals surface area contributed by atoms with E-state index in [-0.39, 0.29) is 18.3 Å². The van der Waals surface area contributed by atoms with E-state index in [1.807, 2.05) is 6.92 Å². The largest absolute Gasteiger partial charge is 0.390 e. The molecule has 2 aliphatic rings. The monoisotopic (exact) mass is 242 g/mol. The molecule has 100 valence electrons. The number of rotatable bonds is 4. The van der Waals surface area contributed by atoms with Crippen LogP contribution in [0.1, 0.15) is 46.5 Å². The molecule has 3 nitrogen and oxygen atoms in total. The first-order valence-electron chi connectivity index (χ1n) is 7.07. The van der Waals surface area contributed by atoms with Crippen molar-refractivity contribution >= 4 is 0 Å². The summed E-state index contributed by atoms with van der Waals surface area (Å²) in [6.07, 6.45) is 4.42. The second-order valence-corrected chi connectivity index (χ2v) is 5.79. The van der Waals surface area contributed by atoms with Crippen LogP contribution in [0.15, 0.2) is 0 Å². The van der Waals surface area contributed by atoms with Crippen LogP contribution >= 0.6 is 0 Å². The highest BCUT2D eigenvalue weighted by Gasteiger charge is 2.43. The van der Waals surface area contributed by atoms with E-state index in [1.165, 1.54) is 6.42 Å². The second-order valence-electron chi connectivity index (χ2n) is 5.79. The summed E-state index contributed by atoms with van der Waals surface area (Å²) >= 11 is 0. The average Bonchev–Trinajstić information content (AvgIpc) is 2.30. The topological polar surface area (TPSA) is 38.7 Å². The van der Waals surface area contributed by atoms with E-state index in [9.17, 15) is 5.11 Å². The van der Waals surface area contributed by atoms with Crippen LogP contribution in [0.4, 0.5) is 0 Å². The smallest absolute Gasteiger partial charge is 0.110 e. The summed E-state index contributed by atoms with van der Waals surface area (Å²) in [6, 6.07) is 0. The van der Waals surface area contributed by atoms with Crippen molar-refractivity contribution in [1.82, 2.24) is 0 Å². The first-order valence-corrected chi connectivity index (χ1v) is 7.07. The van der Waals surface area contributed by atoms with Gasteiger partial charge >= 0.3 is 0 Å². The Kier molecular flexibility index (Phi) is 4.45. The van der Waals surface area contributed by atoms with Crippen molar-refractivity contribution < 1.29 is 14.6 Å². The van der Waals surface area contributed by atoms with Crippen LogP contribution in [0, 0.1) is 11.8 Å². The first kappa shape index (κ1) is 13.3. The number of ether oxygens (including phenoxy) is 2. The van der Waals surface area contributed by atoms with Crippen LogP contribution < -0.4 is 0 Å². The Bertz CT molecular complexity index is 244. The van der Waals surface area contributed by atoms with Gasteiger partial charge in [-0.1, -0.05) is 13.8 Å². The molecule has 17 heavy (non-hydrogen) atoms. The van der Waals surface area contributed by atoms with Gasteiger partial charge in [-0.2, -0.15) is 0 Å². The lowest BCUT2D eigenvalue weighted by molar-refractivity contribution is -0.211. The number of hydrogen-bond donors (Lipinski definition) is 1. The van der Waals surface area contributed by atoms with Gasteiger partial charge in [0.1, 0.15) is 6.10 Å². The van der Waals surface area contributed by atoms with E-state index in [0.717, 1.165) is 31.1 Å². The fourth-order valence-electron chi connectivity index (χ4n) is 2.97. The molecular formula is C14H26O3.